The molecular weight excluding hydrogens is 302 g/mol. The number of aryl methyl sites for hydroxylation is 1. The van der Waals surface area contributed by atoms with Crippen LogP contribution in [0.2, 0.25) is 5.02 Å². The van der Waals surface area contributed by atoms with E-state index < -0.39 is 0 Å². The normalized spacial score (nSPS) is 18.7. The molecule has 0 N–H and O–H groups in total. The lowest BCUT2D eigenvalue weighted by Gasteiger charge is -2.31. The molecule has 0 saturated carbocycles. The van der Waals surface area contributed by atoms with Gasteiger partial charge in [-0.25, -0.2) is 0 Å². The van der Waals surface area contributed by atoms with Crippen molar-refractivity contribution in [2.75, 3.05) is 6.54 Å². The fourth-order valence-electron chi connectivity index (χ4n) is 2.66. The average Bonchev–Trinajstić information content (AvgIpc) is 3.01. The van der Waals surface area contributed by atoms with Gasteiger partial charge in [0, 0.05) is 31.0 Å². The highest BCUT2D eigenvalue weighted by atomic mass is 35.5. The zero-order chi connectivity index (χ0) is 15.5. The fourth-order valence-corrected chi connectivity index (χ4v) is 2.78. The molecular formula is C16H18ClN3O2. The number of likely N-dealkylation sites (tertiary alicyclic amines) is 1. The Kier molecular flexibility index (Phi) is 4.43. The van der Waals surface area contributed by atoms with Crippen LogP contribution in [0.5, 0.6) is 0 Å². The largest absolute Gasteiger partial charge is 0.339 e. The molecule has 2 aromatic rings. The van der Waals surface area contributed by atoms with E-state index in [1.165, 1.54) is 0 Å². The van der Waals surface area contributed by atoms with Gasteiger partial charge in [-0.1, -0.05) is 35.8 Å². The van der Waals surface area contributed by atoms with Gasteiger partial charge >= 0.3 is 0 Å². The molecule has 1 saturated heterocycles. The Hall–Kier alpha value is -1.88. The van der Waals surface area contributed by atoms with E-state index in [1.54, 1.807) is 0 Å². The first-order valence-electron chi connectivity index (χ1n) is 7.50. The van der Waals surface area contributed by atoms with E-state index in [1.807, 2.05) is 36.1 Å². The van der Waals surface area contributed by atoms with Crippen LogP contribution in [0.4, 0.5) is 0 Å². The fraction of sp³-hybridized carbons (Fsp3) is 0.438. The van der Waals surface area contributed by atoms with E-state index in [0.29, 0.717) is 30.4 Å². The van der Waals surface area contributed by atoms with Gasteiger partial charge in [0.15, 0.2) is 5.82 Å². The van der Waals surface area contributed by atoms with E-state index in [0.717, 1.165) is 24.2 Å². The monoisotopic (exact) mass is 319 g/mol. The number of piperidine rings is 1. The van der Waals surface area contributed by atoms with Gasteiger partial charge in [0.2, 0.25) is 11.8 Å². The molecule has 22 heavy (non-hydrogen) atoms. The number of aromatic nitrogens is 2. The van der Waals surface area contributed by atoms with Crippen molar-refractivity contribution in [1.82, 2.24) is 15.0 Å². The van der Waals surface area contributed by atoms with Crippen molar-refractivity contribution in [2.24, 2.45) is 0 Å². The van der Waals surface area contributed by atoms with Gasteiger partial charge in [-0.15, -0.1) is 0 Å². The maximum absolute atomic E-state index is 12.1. The molecule has 1 amide bonds. The second-order valence-corrected chi connectivity index (χ2v) is 5.98. The molecule has 0 bridgehead atoms. The summed E-state index contributed by atoms with van der Waals surface area (Å²) in [6.07, 6.45) is 2.03. The highest BCUT2D eigenvalue weighted by Gasteiger charge is 2.30. The van der Waals surface area contributed by atoms with Crippen LogP contribution in [0.25, 0.3) is 0 Å². The number of carbonyl (C=O) groups is 1. The topological polar surface area (TPSA) is 59.2 Å². The van der Waals surface area contributed by atoms with Crippen LogP contribution in [-0.4, -0.2) is 27.5 Å². The van der Waals surface area contributed by atoms with Crippen LogP contribution in [-0.2, 0) is 17.8 Å². The number of hydrogen-bond donors (Lipinski definition) is 0. The number of rotatable bonds is 4. The maximum Gasteiger partial charge on any atom is 0.231 e. The molecule has 2 heterocycles. The highest BCUT2D eigenvalue weighted by molar-refractivity contribution is 6.30. The summed E-state index contributed by atoms with van der Waals surface area (Å²) >= 11 is 5.89. The second kappa shape index (κ2) is 6.48. The number of hydrogen-bond acceptors (Lipinski definition) is 4. The standard InChI is InChI=1S/C16H18ClN3O2/c1-2-14-18-16(22-19-14)12-5-8-15(21)20(10-12)9-11-3-6-13(17)7-4-11/h3-4,6-7,12H,2,5,8-10H2,1H3. The molecule has 116 valence electrons. The first-order chi connectivity index (χ1) is 10.7. The third-order valence-electron chi connectivity index (χ3n) is 3.94. The Morgan fingerprint density at radius 1 is 1.36 bits per heavy atom. The Morgan fingerprint density at radius 2 is 2.14 bits per heavy atom. The number of nitrogens with zero attached hydrogens (tertiary/aromatic N) is 3. The van der Waals surface area contributed by atoms with Crippen molar-refractivity contribution >= 4 is 17.5 Å². The molecule has 1 aromatic heterocycles. The first-order valence-corrected chi connectivity index (χ1v) is 7.88. The lowest BCUT2D eigenvalue weighted by molar-refractivity contribution is -0.134. The third kappa shape index (κ3) is 3.30. The predicted octanol–water partition coefficient (Wildman–Crippen LogP) is 3.19. The van der Waals surface area contributed by atoms with Gasteiger partial charge in [-0.2, -0.15) is 4.98 Å². The molecule has 3 rings (SSSR count). The maximum atomic E-state index is 12.1. The zero-order valence-corrected chi connectivity index (χ0v) is 13.2. The van der Waals surface area contributed by atoms with Crippen molar-refractivity contribution in [3.8, 4) is 0 Å². The molecule has 0 radical (unpaired) electrons. The van der Waals surface area contributed by atoms with Crippen molar-refractivity contribution in [3.05, 3.63) is 46.6 Å². The minimum atomic E-state index is 0.123. The third-order valence-corrected chi connectivity index (χ3v) is 4.19. The molecule has 1 aliphatic rings. The molecule has 6 heteroatoms. The molecule has 0 aliphatic carbocycles. The summed E-state index contributed by atoms with van der Waals surface area (Å²) in [5.74, 6) is 1.65. The zero-order valence-electron chi connectivity index (χ0n) is 12.5. The number of benzene rings is 1. The van der Waals surface area contributed by atoms with Gasteiger partial charge in [0.1, 0.15) is 0 Å². The SMILES string of the molecule is CCc1noc(C2CCC(=O)N(Cc3ccc(Cl)cc3)C2)n1. The number of carbonyl (C=O) groups excluding carboxylic acids is 1. The van der Waals surface area contributed by atoms with E-state index in [9.17, 15) is 4.79 Å². The summed E-state index contributed by atoms with van der Waals surface area (Å²) in [4.78, 5) is 18.4. The Labute approximate surface area is 134 Å². The van der Waals surface area contributed by atoms with Crippen LogP contribution in [0.15, 0.2) is 28.8 Å². The van der Waals surface area contributed by atoms with Gasteiger partial charge in [-0.3, -0.25) is 4.79 Å². The summed E-state index contributed by atoms with van der Waals surface area (Å²) in [6.45, 7) is 3.19. The lowest BCUT2D eigenvalue weighted by Crippen LogP contribution is -2.38. The van der Waals surface area contributed by atoms with Crippen LogP contribution in [0, 0.1) is 0 Å². The number of amides is 1. The van der Waals surface area contributed by atoms with Crippen molar-refractivity contribution in [3.63, 3.8) is 0 Å². The Morgan fingerprint density at radius 3 is 2.82 bits per heavy atom. The number of halogens is 1. The van der Waals surface area contributed by atoms with E-state index in [4.69, 9.17) is 16.1 Å². The van der Waals surface area contributed by atoms with Crippen molar-refractivity contribution < 1.29 is 9.32 Å². The summed E-state index contributed by atoms with van der Waals surface area (Å²) in [6, 6.07) is 7.57. The van der Waals surface area contributed by atoms with Crippen LogP contribution in [0.1, 0.15) is 43.0 Å². The molecule has 5 nitrogen and oxygen atoms in total. The van der Waals surface area contributed by atoms with Crippen LogP contribution in [0.3, 0.4) is 0 Å². The van der Waals surface area contributed by atoms with E-state index in [2.05, 4.69) is 10.1 Å². The molecule has 1 atom stereocenters. The summed E-state index contributed by atoms with van der Waals surface area (Å²) in [5.41, 5.74) is 1.07. The van der Waals surface area contributed by atoms with Crippen molar-refractivity contribution in [1.29, 1.82) is 0 Å². The lowest BCUT2D eigenvalue weighted by atomic mass is 9.97. The summed E-state index contributed by atoms with van der Waals surface area (Å²) in [5, 5.41) is 4.64. The smallest absolute Gasteiger partial charge is 0.231 e. The van der Waals surface area contributed by atoms with Crippen LogP contribution < -0.4 is 0 Å². The molecule has 1 aromatic carbocycles. The highest BCUT2D eigenvalue weighted by Crippen LogP contribution is 2.27. The van der Waals surface area contributed by atoms with Crippen LogP contribution >= 0.6 is 11.6 Å². The molecule has 1 fully saturated rings. The van der Waals surface area contributed by atoms with E-state index in [-0.39, 0.29) is 11.8 Å². The van der Waals surface area contributed by atoms with Crippen molar-refractivity contribution in [2.45, 2.75) is 38.6 Å². The van der Waals surface area contributed by atoms with Gasteiger partial charge < -0.3 is 9.42 Å². The minimum Gasteiger partial charge on any atom is -0.339 e. The predicted molar refractivity (Wildman–Crippen MR) is 82.5 cm³/mol. The Balaban J connectivity index is 1.70. The summed E-state index contributed by atoms with van der Waals surface area (Å²) < 4.78 is 5.33. The van der Waals surface area contributed by atoms with E-state index >= 15 is 0 Å². The average molecular weight is 320 g/mol. The summed E-state index contributed by atoms with van der Waals surface area (Å²) in [7, 11) is 0. The quantitative estimate of drug-likeness (QED) is 0.868. The first kappa shape index (κ1) is 15.0. The molecule has 1 unspecified atom stereocenters. The minimum absolute atomic E-state index is 0.123. The molecule has 1 aliphatic heterocycles. The van der Waals surface area contributed by atoms with Gasteiger partial charge in [0.05, 0.1) is 5.92 Å². The molecule has 0 spiro atoms. The van der Waals surface area contributed by atoms with Gasteiger partial charge in [-0.05, 0) is 24.1 Å². The Bertz CT molecular complexity index is 654. The second-order valence-electron chi connectivity index (χ2n) is 5.54. The van der Waals surface area contributed by atoms with Gasteiger partial charge in [0.25, 0.3) is 0 Å².